The molecule has 1 fully saturated rings. The summed E-state index contributed by atoms with van der Waals surface area (Å²) in [5.41, 5.74) is -1.61. The number of thioether (sulfide) groups is 1. The van der Waals surface area contributed by atoms with Gasteiger partial charge in [0, 0.05) is 5.75 Å². The molecule has 1 heterocycles. The molecule has 1 amide bonds. The number of ether oxygens (including phenoxy) is 1. The fraction of sp³-hybridized carbons (Fsp3) is 0.385. The summed E-state index contributed by atoms with van der Waals surface area (Å²) < 4.78 is 31.6. The summed E-state index contributed by atoms with van der Waals surface area (Å²) in [6.07, 6.45) is 0.382. The van der Waals surface area contributed by atoms with Crippen LogP contribution in [0.5, 0.6) is 0 Å². The van der Waals surface area contributed by atoms with Crippen molar-refractivity contribution in [1.29, 1.82) is 0 Å². The van der Waals surface area contributed by atoms with Gasteiger partial charge in [-0.1, -0.05) is 11.6 Å². The van der Waals surface area contributed by atoms with Crippen LogP contribution in [-0.2, 0) is 9.53 Å². The SMILES string of the molecule is COC(=O)[C@@]1(NC(=O)c2ccc(F)c(Cl)c2F)CCSC1. The summed E-state index contributed by atoms with van der Waals surface area (Å²) in [5, 5.41) is 1.74. The van der Waals surface area contributed by atoms with Gasteiger partial charge in [0.25, 0.3) is 5.91 Å². The van der Waals surface area contributed by atoms with Crippen LogP contribution in [0.25, 0.3) is 0 Å². The molecule has 0 spiro atoms. The van der Waals surface area contributed by atoms with E-state index < -0.39 is 39.6 Å². The summed E-state index contributed by atoms with van der Waals surface area (Å²) >= 11 is 6.92. The van der Waals surface area contributed by atoms with Crippen LogP contribution in [0.1, 0.15) is 16.8 Å². The van der Waals surface area contributed by atoms with Gasteiger partial charge in [-0.15, -0.1) is 0 Å². The third-order valence-corrected chi connectivity index (χ3v) is 4.77. The van der Waals surface area contributed by atoms with E-state index in [2.05, 4.69) is 5.32 Å². The highest BCUT2D eigenvalue weighted by atomic mass is 35.5. The molecule has 0 unspecified atom stereocenters. The maximum absolute atomic E-state index is 13.8. The lowest BCUT2D eigenvalue weighted by molar-refractivity contribution is -0.147. The summed E-state index contributed by atoms with van der Waals surface area (Å²) in [7, 11) is 1.22. The normalized spacial score (nSPS) is 21.1. The smallest absolute Gasteiger partial charge is 0.332 e. The van der Waals surface area contributed by atoms with E-state index >= 15 is 0 Å². The van der Waals surface area contributed by atoms with E-state index in [0.717, 1.165) is 12.1 Å². The average molecular weight is 336 g/mol. The van der Waals surface area contributed by atoms with E-state index in [1.807, 2.05) is 0 Å². The molecular formula is C13H12ClF2NO3S. The highest BCUT2D eigenvalue weighted by Gasteiger charge is 2.44. The van der Waals surface area contributed by atoms with E-state index in [9.17, 15) is 18.4 Å². The molecule has 0 aliphatic carbocycles. The number of methoxy groups -OCH3 is 1. The Morgan fingerprint density at radius 2 is 2.14 bits per heavy atom. The molecular weight excluding hydrogens is 324 g/mol. The van der Waals surface area contributed by atoms with Crippen molar-refractivity contribution in [2.24, 2.45) is 0 Å². The Kier molecular flexibility index (Phi) is 4.73. The van der Waals surface area contributed by atoms with Gasteiger partial charge in [-0.3, -0.25) is 4.79 Å². The highest BCUT2D eigenvalue weighted by Crippen LogP contribution is 2.30. The Hall–Kier alpha value is -1.34. The number of amides is 1. The Morgan fingerprint density at radius 3 is 2.71 bits per heavy atom. The number of halogens is 3. The molecule has 1 aromatic carbocycles. The van der Waals surface area contributed by atoms with Gasteiger partial charge in [0.1, 0.15) is 16.4 Å². The molecule has 0 radical (unpaired) electrons. The van der Waals surface area contributed by atoms with Crippen LogP contribution in [0.15, 0.2) is 12.1 Å². The van der Waals surface area contributed by atoms with Crippen LogP contribution in [0.2, 0.25) is 5.02 Å². The van der Waals surface area contributed by atoms with Crippen molar-refractivity contribution in [2.45, 2.75) is 12.0 Å². The fourth-order valence-electron chi connectivity index (χ4n) is 2.06. The van der Waals surface area contributed by atoms with Crippen LogP contribution in [-0.4, -0.2) is 36.0 Å². The fourth-order valence-corrected chi connectivity index (χ4v) is 3.54. The first-order valence-corrected chi connectivity index (χ1v) is 7.57. The molecule has 0 saturated carbocycles. The first-order chi connectivity index (χ1) is 9.91. The van der Waals surface area contributed by atoms with Crippen molar-refractivity contribution in [3.63, 3.8) is 0 Å². The Labute approximate surface area is 129 Å². The van der Waals surface area contributed by atoms with Gasteiger partial charge < -0.3 is 10.1 Å². The maximum Gasteiger partial charge on any atom is 0.332 e. The molecule has 1 atom stereocenters. The topological polar surface area (TPSA) is 55.4 Å². The van der Waals surface area contributed by atoms with Gasteiger partial charge in [0.05, 0.1) is 12.7 Å². The maximum atomic E-state index is 13.8. The largest absolute Gasteiger partial charge is 0.467 e. The summed E-state index contributed by atoms with van der Waals surface area (Å²) in [4.78, 5) is 24.0. The summed E-state index contributed by atoms with van der Waals surface area (Å²) in [6, 6.07) is 1.88. The standard InChI is InChI=1S/C13H12ClF2NO3S/c1-20-12(19)13(4-5-21-6-13)17-11(18)7-2-3-8(15)9(14)10(7)16/h2-3H,4-6H2,1H3,(H,17,18)/t13-/m1/s1. The van der Waals surface area contributed by atoms with E-state index in [1.54, 1.807) is 0 Å². The third kappa shape index (κ3) is 2.98. The molecule has 4 nitrogen and oxygen atoms in total. The lowest BCUT2D eigenvalue weighted by Crippen LogP contribution is -2.55. The van der Waals surface area contributed by atoms with Crippen molar-refractivity contribution >= 4 is 35.2 Å². The Morgan fingerprint density at radius 1 is 1.43 bits per heavy atom. The number of hydrogen-bond acceptors (Lipinski definition) is 4. The zero-order valence-corrected chi connectivity index (χ0v) is 12.6. The van der Waals surface area contributed by atoms with Crippen LogP contribution >= 0.6 is 23.4 Å². The van der Waals surface area contributed by atoms with Crippen molar-refractivity contribution in [1.82, 2.24) is 5.32 Å². The highest BCUT2D eigenvalue weighted by molar-refractivity contribution is 7.99. The number of benzene rings is 1. The minimum absolute atomic E-state index is 0.335. The van der Waals surface area contributed by atoms with E-state index in [-0.39, 0.29) is 0 Å². The number of hydrogen-bond donors (Lipinski definition) is 1. The van der Waals surface area contributed by atoms with Crippen molar-refractivity contribution in [2.75, 3.05) is 18.6 Å². The second-order valence-electron chi connectivity index (χ2n) is 4.55. The zero-order valence-electron chi connectivity index (χ0n) is 11.0. The monoisotopic (exact) mass is 335 g/mol. The van der Waals surface area contributed by atoms with Crippen LogP contribution in [0, 0.1) is 11.6 Å². The Balaban J connectivity index is 2.28. The first kappa shape index (κ1) is 16.0. The second kappa shape index (κ2) is 6.19. The quantitative estimate of drug-likeness (QED) is 0.681. The minimum atomic E-state index is -1.19. The predicted octanol–water partition coefficient (Wildman–Crippen LogP) is 2.40. The lowest BCUT2D eigenvalue weighted by Gasteiger charge is -2.26. The van der Waals surface area contributed by atoms with Crippen molar-refractivity contribution < 1.29 is 23.1 Å². The lowest BCUT2D eigenvalue weighted by atomic mass is 9.98. The van der Waals surface area contributed by atoms with Crippen LogP contribution in [0.4, 0.5) is 8.78 Å². The first-order valence-electron chi connectivity index (χ1n) is 6.03. The van der Waals surface area contributed by atoms with Gasteiger partial charge >= 0.3 is 5.97 Å². The average Bonchev–Trinajstić information content (AvgIpc) is 2.93. The van der Waals surface area contributed by atoms with Gasteiger partial charge in [0.15, 0.2) is 5.82 Å². The van der Waals surface area contributed by atoms with E-state index in [4.69, 9.17) is 16.3 Å². The van der Waals surface area contributed by atoms with Gasteiger partial charge in [-0.25, -0.2) is 13.6 Å². The molecule has 0 bridgehead atoms. The van der Waals surface area contributed by atoms with E-state index in [0.29, 0.717) is 17.9 Å². The van der Waals surface area contributed by atoms with Gasteiger partial charge in [0.2, 0.25) is 0 Å². The number of esters is 1. The minimum Gasteiger partial charge on any atom is -0.467 e. The molecule has 1 N–H and O–H groups in total. The molecule has 8 heteroatoms. The number of rotatable bonds is 3. The van der Waals surface area contributed by atoms with Gasteiger partial charge in [-0.2, -0.15) is 11.8 Å². The van der Waals surface area contributed by atoms with Gasteiger partial charge in [-0.05, 0) is 24.3 Å². The number of nitrogens with one attached hydrogen (secondary N) is 1. The van der Waals surface area contributed by atoms with Crippen molar-refractivity contribution in [3.8, 4) is 0 Å². The second-order valence-corrected chi connectivity index (χ2v) is 6.04. The number of carbonyl (C=O) groups is 2. The van der Waals surface area contributed by atoms with E-state index in [1.165, 1.54) is 18.9 Å². The van der Waals surface area contributed by atoms with Crippen LogP contribution < -0.4 is 5.32 Å². The van der Waals surface area contributed by atoms with Crippen LogP contribution in [0.3, 0.4) is 0 Å². The zero-order chi connectivity index (χ0) is 15.6. The molecule has 21 heavy (non-hydrogen) atoms. The molecule has 2 rings (SSSR count). The molecule has 1 aliphatic heterocycles. The predicted molar refractivity (Wildman–Crippen MR) is 75.5 cm³/mol. The number of carbonyl (C=O) groups excluding carboxylic acids is 2. The Bertz CT molecular complexity index is 591. The molecule has 1 aliphatic rings. The molecule has 1 aromatic rings. The summed E-state index contributed by atoms with van der Waals surface area (Å²) in [5.74, 6) is -2.52. The third-order valence-electron chi connectivity index (χ3n) is 3.23. The van der Waals surface area contributed by atoms with Crippen molar-refractivity contribution in [3.05, 3.63) is 34.4 Å². The summed E-state index contributed by atoms with van der Waals surface area (Å²) in [6.45, 7) is 0. The molecule has 114 valence electrons. The molecule has 0 aromatic heterocycles. The molecule has 1 saturated heterocycles.